The zero-order valence-electron chi connectivity index (χ0n) is 8.77. The van der Waals surface area contributed by atoms with Crippen LogP contribution < -0.4 is 103 Å². The first-order chi connectivity index (χ1) is 4.55. The van der Waals surface area contributed by atoms with Crippen LogP contribution in [-0.4, -0.2) is 39.8 Å². The maximum absolute atomic E-state index is 10.3. The molecular weight excluding hydrogens is 218 g/mol. The van der Waals surface area contributed by atoms with Gasteiger partial charge in [0.1, 0.15) is 0 Å². The molecule has 1 aliphatic carbocycles. The molecule has 1 saturated carbocycles. The van der Waals surface area contributed by atoms with Crippen LogP contribution in [-0.2, 0) is 14.4 Å². The quantitative estimate of drug-likeness (QED) is 0.315. The summed E-state index contributed by atoms with van der Waals surface area (Å²) in [6, 6.07) is 0. The number of carbonyl (C=O) groups excluding carboxylic acids is 3. The Labute approximate surface area is 156 Å². The van der Waals surface area contributed by atoms with E-state index in [9.17, 15) is 14.4 Å². The Morgan fingerprint density at radius 2 is 1.17 bits per heavy atom. The van der Waals surface area contributed by atoms with Gasteiger partial charge in [-0.05, 0) is 0 Å². The summed E-state index contributed by atoms with van der Waals surface area (Å²) in [6.45, 7) is 0. The van der Waals surface area contributed by atoms with Crippen molar-refractivity contribution < 1.29 is 130 Å². The summed E-state index contributed by atoms with van der Waals surface area (Å²) in [6.07, 6.45) is -3.69. The Bertz CT molecular complexity index is 212. The summed E-state index contributed by atoms with van der Waals surface area (Å²) >= 11 is 0. The predicted octanol–water partition coefficient (Wildman–Crippen LogP) is -8.34. The molecule has 1 rings (SSSR count). The number of aliphatic hydroxyl groups excluding tert-OH is 2. The Kier molecular flexibility index (Phi) is 9.20. The van der Waals surface area contributed by atoms with E-state index in [0.29, 0.717) is 0 Å². The second kappa shape index (κ2) is 6.64. The van der Waals surface area contributed by atoms with Crippen LogP contribution in [0.2, 0.25) is 0 Å². The topological polar surface area (TPSA) is 91.7 Å². The van der Waals surface area contributed by atoms with Gasteiger partial charge < -0.3 is 13.1 Å². The third-order valence-corrected chi connectivity index (χ3v) is 1.28. The zero-order chi connectivity index (χ0) is 7.89. The molecule has 0 heterocycles. The van der Waals surface area contributed by atoms with E-state index in [1.165, 1.54) is 0 Å². The van der Waals surface area contributed by atoms with Crippen molar-refractivity contribution in [3.05, 3.63) is 0 Å². The van der Waals surface area contributed by atoms with Crippen LogP contribution in [0.5, 0.6) is 0 Å². The van der Waals surface area contributed by atoms with E-state index in [0.717, 1.165) is 0 Å². The number of hydrogen-bond donors (Lipinski definition) is 2. The van der Waals surface area contributed by atoms with E-state index in [1.807, 2.05) is 0 Å². The molecule has 0 radical (unpaired) electrons. The van der Waals surface area contributed by atoms with Gasteiger partial charge in [0.05, 0.1) is 0 Å². The molecule has 0 aromatic heterocycles. The van der Waals surface area contributed by atoms with Crippen molar-refractivity contribution in [1.29, 1.82) is 0 Å². The Balaban J connectivity index is -0.000000125. The van der Waals surface area contributed by atoms with Crippen LogP contribution in [0.1, 0.15) is 2.85 Å². The second-order valence-electron chi connectivity index (χ2n) is 1.95. The molecule has 2 atom stereocenters. The summed E-state index contributed by atoms with van der Waals surface area (Å²) in [5.74, 6) is -3.77. The van der Waals surface area contributed by atoms with Gasteiger partial charge in [-0.3, -0.25) is 14.4 Å². The van der Waals surface area contributed by atoms with E-state index in [-0.39, 0.29) is 106 Å². The van der Waals surface area contributed by atoms with Crippen molar-refractivity contribution in [3.8, 4) is 0 Å². The van der Waals surface area contributed by atoms with Gasteiger partial charge >= 0.3 is 103 Å². The normalized spacial score (nSPS) is 28.0. The molecule has 2 N–H and O–H groups in total. The Morgan fingerprint density at radius 3 is 1.25 bits per heavy atom. The van der Waals surface area contributed by atoms with Gasteiger partial charge in [-0.2, -0.15) is 0 Å². The fraction of sp³-hybridized carbons (Fsp3) is 0.400. The maximum atomic E-state index is 10.3. The molecule has 12 heavy (non-hydrogen) atoms. The van der Waals surface area contributed by atoms with Crippen molar-refractivity contribution in [3.63, 3.8) is 0 Å². The molecule has 0 aromatic rings. The average Bonchev–Trinajstić information content (AvgIpc) is 2.07. The van der Waals surface area contributed by atoms with Gasteiger partial charge in [-0.25, -0.2) is 0 Å². The van der Waals surface area contributed by atoms with E-state index in [1.54, 1.807) is 0 Å². The minimum Gasteiger partial charge on any atom is -1.00 e. The number of rotatable bonds is 0. The van der Waals surface area contributed by atoms with Crippen molar-refractivity contribution in [2.45, 2.75) is 12.2 Å². The van der Waals surface area contributed by atoms with E-state index in [2.05, 4.69) is 0 Å². The molecule has 0 aliphatic heterocycles. The first-order valence-electron chi connectivity index (χ1n) is 2.54. The van der Waals surface area contributed by atoms with Crippen molar-refractivity contribution in [2.24, 2.45) is 0 Å². The average molecular weight is 224 g/mol. The molecule has 0 aromatic carbocycles. The number of hydrogen-bond acceptors (Lipinski definition) is 5. The van der Waals surface area contributed by atoms with Gasteiger partial charge in [0.2, 0.25) is 11.6 Å². The monoisotopic (exact) mass is 224 g/mol. The number of Topliss-reactive ketones (excluding diaryl/α,β-unsaturated/α-hetero) is 3. The van der Waals surface area contributed by atoms with E-state index < -0.39 is 29.6 Å². The smallest absolute Gasteiger partial charge is 1.00 e. The van der Waals surface area contributed by atoms with Crippen LogP contribution in [0.15, 0.2) is 0 Å². The largest absolute Gasteiger partial charge is 1.00 e. The fourth-order valence-corrected chi connectivity index (χ4v) is 0.677. The van der Waals surface area contributed by atoms with Gasteiger partial charge in [-0.1, -0.05) is 0 Å². The van der Waals surface area contributed by atoms with Gasteiger partial charge in [0.15, 0.2) is 12.2 Å². The first kappa shape index (κ1) is 16.6. The third kappa shape index (κ3) is 3.11. The van der Waals surface area contributed by atoms with Gasteiger partial charge in [0.25, 0.3) is 5.78 Å². The van der Waals surface area contributed by atoms with Crippen LogP contribution in [0.4, 0.5) is 0 Å². The van der Waals surface area contributed by atoms with Crippen molar-refractivity contribution in [1.82, 2.24) is 0 Å². The third-order valence-electron chi connectivity index (χ3n) is 1.28. The van der Waals surface area contributed by atoms with Crippen LogP contribution >= 0.6 is 0 Å². The summed E-state index contributed by atoms with van der Waals surface area (Å²) in [5.41, 5.74) is 0. The van der Waals surface area contributed by atoms with Crippen molar-refractivity contribution in [2.75, 3.05) is 0 Å². The Morgan fingerprint density at radius 1 is 0.917 bits per heavy atom. The molecule has 0 saturated heterocycles. The first-order valence-corrected chi connectivity index (χ1v) is 2.54. The molecular formula is C5H6K2O5. The fourth-order valence-electron chi connectivity index (χ4n) is 0.677. The molecule has 1 fully saturated rings. The molecule has 0 spiro atoms. The minimum atomic E-state index is -1.85. The predicted molar refractivity (Wildman–Crippen MR) is 29.3 cm³/mol. The summed E-state index contributed by atoms with van der Waals surface area (Å²) < 4.78 is 0. The molecule has 5 nitrogen and oxygen atoms in total. The molecule has 0 bridgehead atoms. The zero-order valence-corrected chi connectivity index (χ0v) is 13.0. The molecule has 58 valence electrons. The maximum Gasteiger partial charge on any atom is 1.00 e. The number of aliphatic hydroxyl groups is 2. The molecule has 2 unspecified atom stereocenters. The molecule has 0 amide bonds. The van der Waals surface area contributed by atoms with Crippen molar-refractivity contribution >= 4 is 17.3 Å². The second-order valence-corrected chi connectivity index (χ2v) is 1.95. The van der Waals surface area contributed by atoms with Crippen LogP contribution in [0.25, 0.3) is 0 Å². The van der Waals surface area contributed by atoms with Crippen LogP contribution in [0, 0.1) is 0 Å². The standard InChI is InChI=1S/C5H4O5.2K.2H/c6-1-2(7)4(9)5(10)3(1)8;;;;/h1-2,6-7H;;;;/q;2*+1;2*-1. The number of ketones is 3. The molecule has 7 heteroatoms. The summed E-state index contributed by atoms with van der Waals surface area (Å²) in [4.78, 5) is 31.0. The molecule has 1 aliphatic rings. The minimum absolute atomic E-state index is 0. The van der Waals surface area contributed by atoms with Gasteiger partial charge in [-0.15, -0.1) is 0 Å². The van der Waals surface area contributed by atoms with Crippen LogP contribution in [0.3, 0.4) is 0 Å². The van der Waals surface area contributed by atoms with Gasteiger partial charge in [0, 0.05) is 0 Å². The number of carbonyl (C=O) groups is 3. The summed E-state index contributed by atoms with van der Waals surface area (Å²) in [7, 11) is 0. The van der Waals surface area contributed by atoms with E-state index in [4.69, 9.17) is 10.2 Å². The Hall–Kier alpha value is 2.20. The SMILES string of the molecule is O=C1C(=O)C(O)C(O)C1=O.[H-].[H-].[K+].[K+]. The van der Waals surface area contributed by atoms with E-state index >= 15 is 0 Å². The summed E-state index contributed by atoms with van der Waals surface area (Å²) in [5, 5.41) is 17.1.